The average Bonchev–Trinajstić information content (AvgIpc) is 2.25. The summed E-state index contributed by atoms with van der Waals surface area (Å²) in [7, 11) is 0. The van der Waals surface area contributed by atoms with Crippen LogP contribution >= 0.6 is 11.8 Å². The molecule has 2 heterocycles. The number of nitrogens with zero attached hydrogens (tertiary/aromatic N) is 1. The molecule has 15 heavy (non-hydrogen) atoms. The van der Waals surface area contributed by atoms with E-state index in [0.717, 1.165) is 36.9 Å². The third-order valence-electron chi connectivity index (χ3n) is 2.63. The number of aliphatic imine (C=N–C) groups is 1. The second kappa shape index (κ2) is 4.88. The molecule has 5 heteroatoms. The first-order valence-corrected chi connectivity index (χ1v) is 6.46. The number of thioether (sulfide) groups is 1. The molecule has 0 aromatic rings. The molecule has 4 nitrogen and oxygen atoms in total. The molecule has 2 N–H and O–H groups in total. The molecule has 1 saturated heterocycles. The number of hydrogen-bond donors (Lipinski definition) is 2. The molecular formula is C10H17N3OS. The highest BCUT2D eigenvalue weighted by Gasteiger charge is 2.24. The summed E-state index contributed by atoms with van der Waals surface area (Å²) >= 11 is 1.73. The van der Waals surface area contributed by atoms with Gasteiger partial charge in [-0.05, 0) is 18.8 Å². The van der Waals surface area contributed by atoms with Crippen molar-refractivity contribution in [1.82, 2.24) is 10.6 Å². The predicted molar refractivity (Wildman–Crippen MR) is 63.1 cm³/mol. The summed E-state index contributed by atoms with van der Waals surface area (Å²) < 4.78 is 0. The summed E-state index contributed by atoms with van der Waals surface area (Å²) in [6.07, 6.45) is 1.97. The minimum atomic E-state index is -0.0709. The Kier molecular flexibility index (Phi) is 3.51. The van der Waals surface area contributed by atoms with E-state index < -0.39 is 0 Å². The number of amides is 1. The van der Waals surface area contributed by atoms with E-state index in [9.17, 15) is 4.79 Å². The number of piperidine rings is 1. The maximum absolute atomic E-state index is 11.5. The summed E-state index contributed by atoms with van der Waals surface area (Å²) in [6.45, 7) is 3.89. The van der Waals surface area contributed by atoms with Gasteiger partial charge in [-0.25, -0.2) is 0 Å². The third-order valence-corrected chi connectivity index (χ3v) is 3.89. The molecule has 84 valence electrons. The lowest BCUT2D eigenvalue weighted by molar-refractivity contribution is -0.124. The van der Waals surface area contributed by atoms with E-state index in [1.165, 1.54) is 0 Å². The lowest BCUT2D eigenvalue weighted by Crippen LogP contribution is -2.50. The van der Waals surface area contributed by atoms with Gasteiger partial charge in [0, 0.05) is 18.8 Å². The Hall–Kier alpha value is -0.710. The molecule has 0 spiro atoms. The van der Waals surface area contributed by atoms with Crippen LogP contribution in [-0.4, -0.2) is 36.0 Å². The van der Waals surface area contributed by atoms with Crippen molar-refractivity contribution in [2.75, 3.05) is 18.8 Å². The molecule has 2 rings (SSSR count). The number of carbonyl (C=O) groups excluding carboxylic acids is 1. The van der Waals surface area contributed by atoms with Crippen molar-refractivity contribution in [3.8, 4) is 0 Å². The molecule has 0 aliphatic carbocycles. The molecular weight excluding hydrogens is 210 g/mol. The van der Waals surface area contributed by atoms with Crippen molar-refractivity contribution in [1.29, 1.82) is 0 Å². The van der Waals surface area contributed by atoms with E-state index >= 15 is 0 Å². The molecule has 2 unspecified atom stereocenters. The summed E-state index contributed by atoms with van der Waals surface area (Å²) in [5.41, 5.74) is 0. The largest absolute Gasteiger partial charge is 0.354 e. The molecule has 0 aromatic carbocycles. The summed E-state index contributed by atoms with van der Waals surface area (Å²) in [5.74, 6) is 1.86. The fourth-order valence-electron chi connectivity index (χ4n) is 1.70. The fraction of sp³-hybridized carbons (Fsp3) is 0.800. The first kappa shape index (κ1) is 10.8. The van der Waals surface area contributed by atoms with Gasteiger partial charge >= 0.3 is 0 Å². The molecule has 0 radical (unpaired) electrons. The Bertz CT molecular complexity index is 280. The average molecular weight is 227 g/mol. The maximum Gasteiger partial charge on any atom is 0.242 e. The molecule has 0 aromatic heterocycles. The summed E-state index contributed by atoms with van der Waals surface area (Å²) in [6, 6.07) is -0.0709. The SMILES string of the molecule is CC1CN=C(NC2CCCNC2=O)SC1. The van der Waals surface area contributed by atoms with Crippen LogP contribution in [0.3, 0.4) is 0 Å². The van der Waals surface area contributed by atoms with Gasteiger partial charge in [0.2, 0.25) is 5.91 Å². The smallest absolute Gasteiger partial charge is 0.242 e. The molecule has 0 saturated carbocycles. The molecule has 0 bridgehead atoms. The summed E-state index contributed by atoms with van der Waals surface area (Å²) in [4.78, 5) is 15.9. The van der Waals surface area contributed by atoms with Crippen LogP contribution in [0.2, 0.25) is 0 Å². The Balaban J connectivity index is 1.88. The van der Waals surface area contributed by atoms with Crippen LogP contribution < -0.4 is 10.6 Å². The van der Waals surface area contributed by atoms with Gasteiger partial charge in [0.1, 0.15) is 6.04 Å². The van der Waals surface area contributed by atoms with Crippen molar-refractivity contribution in [2.45, 2.75) is 25.8 Å². The number of hydrogen-bond acceptors (Lipinski definition) is 4. The topological polar surface area (TPSA) is 53.5 Å². The van der Waals surface area contributed by atoms with Crippen LogP contribution in [-0.2, 0) is 4.79 Å². The van der Waals surface area contributed by atoms with Gasteiger partial charge in [-0.3, -0.25) is 9.79 Å². The van der Waals surface area contributed by atoms with E-state index in [1.54, 1.807) is 11.8 Å². The highest BCUT2D eigenvalue weighted by atomic mass is 32.2. The van der Waals surface area contributed by atoms with Crippen LogP contribution in [0, 0.1) is 5.92 Å². The summed E-state index contributed by atoms with van der Waals surface area (Å²) in [5, 5.41) is 7.03. The second-order valence-electron chi connectivity index (χ2n) is 4.19. The van der Waals surface area contributed by atoms with E-state index in [0.29, 0.717) is 5.92 Å². The van der Waals surface area contributed by atoms with Gasteiger partial charge in [0.25, 0.3) is 0 Å². The van der Waals surface area contributed by atoms with Gasteiger partial charge in [0.15, 0.2) is 5.17 Å². The molecule has 2 aliphatic heterocycles. The monoisotopic (exact) mass is 227 g/mol. The Morgan fingerprint density at radius 2 is 2.47 bits per heavy atom. The highest BCUT2D eigenvalue weighted by molar-refractivity contribution is 8.13. The lowest BCUT2D eigenvalue weighted by atomic mass is 10.1. The standard InChI is InChI=1S/C10H17N3OS/c1-7-5-12-10(15-6-7)13-8-3-2-4-11-9(8)14/h7-8H,2-6H2,1H3,(H,11,14)(H,12,13). The normalized spacial score (nSPS) is 31.8. The van der Waals surface area contributed by atoms with E-state index in [2.05, 4.69) is 22.5 Å². The van der Waals surface area contributed by atoms with Crippen LogP contribution in [0.25, 0.3) is 0 Å². The molecule has 2 aliphatic rings. The number of rotatable bonds is 1. The minimum Gasteiger partial charge on any atom is -0.354 e. The number of amidine groups is 1. The molecule has 1 amide bonds. The lowest BCUT2D eigenvalue weighted by Gasteiger charge is -2.26. The predicted octanol–water partition coefficient (Wildman–Crippen LogP) is 0.593. The van der Waals surface area contributed by atoms with Crippen LogP contribution in [0.1, 0.15) is 19.8 Å². The minimum absolute atomic E-state index is 0.0709. The van der Waals surface area contributed by atoms with E-state index in [1.807, 2.05) is 0 Å². The Labute approximate surface area is 94.3 Å². The highest BCUT2D eigenvalue weighted by Crippen LogP contribution is 2.16. The van der Waals surface area contributed by atoms with Gasteiger partial charge in [-0.15, -0.1) is 0 Å². The fourth-order valence-corrected chi connectivity index (χ4v) is 2.64. The van der Waals surface area contributed by atoms with Crippen molar-refractivity contribution in [2.24, 2.45) is 10.9 Å². The van der Waals surface area contributed by atoms with Crippen LogP contribution in [0.15, 0.2) is 4.99 Å². The van der Waals surface area contributed by atoms with Crippen LogP contribution in [0.5, 0.6) is 0 Å². The zero-order valence-corrected chi connectivity index (χ0v) is 9.77. The van der Waals surface area contributed by atoms with Gasteiger partial charge in [0.05, 0.1) is 0 Å². The van der Waals surface area contributed by atoms with Crippen molar-refractivity contribution < 1.29 is 4.79 Å². The van der Waals surface area contributed by atoms with Crippen molar-refractivity contribution in [3.63, 3.8) is 0 Å². The zero-order chi connectivity index (χ0) is 10.7. The number of nitrogens with one attached hydrogen (secondary N) is 2. The maximum atomic E-state index is 11.5. The molecule has 2 atom stereocenters. The van der Waals surface area contributed by atoms with Gasteiger partial charge < -0.3 is 10.6 Å². The Morgan fingerprint density at radius 1 is 1.60 bits per heavy atom. The van der Waals surface area contributed by atoms with Gasteiger partial charge in [-0.2, -0.15) is 0 Å². The number of carbonyl (C=O) groups is 1. The quantitative estimate of drug-likeness (QED) is 0.689. The van der Waals surface area contributed by atoms with Crippen LogP contribution in [0.4, 0.5) is 0 Å². The van der Waals surface area contributed by atoms with Gasteiger partial charge in [-0.1, -0.05) is 18.7 Å². The van der Waals surface area contributed by atoms with Crippen molar-refractivity contribution >= 4 is 22.8 Å². The first-order chi connectivity index (χ1) is 7.25. The molecule has 1 fully saturated rings. The third kappa shape index (κ3) is 2.87. The Morgan fingerprint density at radius 3 is 3.13 bits per heavy atom. The van der Waals surface area contributed by atoms with Crippen molar-refractivity contribution in [3.05, 3.63) is 0 Å². The zero-order valence-electron chi connectivity index (χ0n) is 8.95. The first-order valence-electron chi connectivity index (χ1n) is 5.47. The van der Waals surface area contributed by atoms with E-state index in [-0.39, 0.29) is 11.9 Å². The van der Waals surface area contributed by atoms with E-state index in [4.69, 9.17) is 0 Å². The second-order valence-corrected chi connectivity index (χ2v) is 5.20.